The van der Waals surface area contributed by atoms with E-state index in [-0.39, 0.29) is 0 Å². The Labute approximate surface area is 424 Å². The van der Waals surface area contributed by atoms with Crippen molar-refractivity contribution < 1.29 is 0 Å². The normalized spacial score (nSPS) is 11.5. The van der Waals surface area contributed by atoms with Crippen molar-refractivity contribution in [2.45, 2.75) is 310 Å². The standard InChI is InChI=1S/C66H108N2/c1-4-7-10-12-14-16-18-20-22-24-26-28-30-32-34-36-38-40-42-44-46-48-50-62-53-57-64(58-54-62)67-61-66(52-9-6-3)68-65-59-55-63(56-60-65)51-49-47-45-43-41-39-37-35-33-31-29-27-25-23-21-19-17-15-13-11-8-5-2/h53-61H,4-47,52H2,1-3H3. The lowest BCUT2D eigenvalue weighted by Crippen LogP contribution is -1.99. The van der Waals surface area contributed by atoms with E-state index in [1.54, 1.807) is 0 Å². The summed E-state index contributed by atoms with van der Waals surface area (Å²) < 4.78 is 0. The lowest BCUT2D eigenvalue weighted by atomic mass is 10.0. The molecular formula is C66H108N2. The Morgan fingerprint density at radius 1 is 0.324 bits per heavy atom. The monoisotopic (exact) mass is 929 g/mol. The number of hydrogen-bond acceptors (Lipinski definition) is 2. The molecule has 0 aliphatic rings. The minimum Gasteiger partial charge on any atom is -0.255 e. The molecular weight excluding hydrogens is 821 g/mol. The fourth-order valence-electron chi connectivity index (χ4n) is 9.34. The third kappa shape index (κ3) is 39.7. The number of benzene rings is 2. The smallest absolute Gasteiger partial charge is 0.0634 e. The van der Waals surface area contributed by atoms with E-state index in [2.05, 4.69) is 93.0 Å². The van der Waals surface area contributed by atoms with Crippen molar-refractivity contribution in [3.63, 3.8) is 0 Å². The predicted octanol–water partition coefficient (Wildman–Crippen LogP) is 22.5. The zero-order valence-corrected chi connectivity index (χ0v) is 45.4. The van der Waals surface area contributed by atoms with Crippen LogP contribution in [0.3, 0.4) is 0 Å². The zero-order valence-electron chi connectivity index (χ0n) is 45.4. The average Bonchev–Trinajstić information content (AvgIpc) is 3.36. The highest BCUT2D eigenvalue weighted by molar-refractivity contribution is 6.31. The summed E-state index contributed by atoms with van der Waals surface area (Å²) in [5.74, 6) is 13.6. The van der Waals surface area contributed by atoms with E-state index in [1.807, 2.05) is 6.21 Å². The summed E-state index contributed by atoms with van der Waals surface area (Å²) in [5, 5.41) is 0. The Bertz CT molecular complexity index is 1560. The van der Waals surface area contributed by atoms with E-state index >= 15 is 0 Å². The van der Waals surface area contributed by atoms with Crippen LogP contribution in [0.5, 0.6) is 0 Å². The van der Waals surface area contributed by atoms with Gasteiger partial charge in [-0.15, -0.1) is 0 Å². The van der Waals surface area contributed by atoms with E-state index in [0.29, 0.717) is 0 Å². The van der Waals surface area contributed by atoms with Gasteiger partial charge in [-0.05, 0) is 74.2 Å². The second-order valence-electron chi connectivity index (χ2n) is 20.6. The van der Waals surface area contributed by atoms with Crippen LogP contribution >= 0.6 is 0 Å². The molecule has 0 amide bonds. The van der Waals surface area contributed by atoms with Crippen LogP contribution in [0.2, 0.25) is 0 Å². The first-order chi connectivity index (χ1) is 33.7. The SMILES string of the molecule is CCCCCCCCCCCCCCCCCCCCCCC#Cc1ccc(N=CC(CCCC)=Nc2ccc(C#CCCCCCCCCCCCCCCCCCCCCCC)cc2)cc1. The molecule has 2 aromatic carbocycles. The lowest BCUT2D eigenvalue weighted by Gasteiger charge is -2.04. The van der Waals surface area contributed by atoms with Gasteiger partial charge in [0.15, 0.2) is 0 Å². The number of rotatable bonds is 46. The van der Waals surface area contributed by atoms with E-state index in [9.17, 15) is 0 Å². The summed E-state index contributed by atoms with van der Waals surface area (Å²) in [6, 6.07) is 16.8. The van der Waals surface area contributed by atoms with Crippen LogP contribution in [-0.2, 0) is 0 Å². The van der Waals surface area contributed by atoms with Gasteiger partial charge in [0.05, 0.1) is 17.1 Å². The molecule has 0 aliphatic heterocycles. The maximum Gasteiger partial charge on any atom is 0.0634 e. The van der Waals surface area contributed by atoms with Crippen molar-refractivity contribution in [3.8, 4) is 23.7 Å². The molecule has 0 saturated carbocycles. The van der Waals surface area contributed by atoms with Crippen LogP contribution in [0.1, 0.15) is 321 Å². The molecule has 0 saturated heterocycles. The van der Waals surface area contributed by atoms with Crippen molar-refractivity contribution >= 4 is 23.3 Å². The molecule has 0 bridgehead atoms. The third-order valence-corrected chi connectivity index (χ3v) is 13.9. The highest BCUT2D eigenvalue weighted by atomic mass is 14.8. The van der Waals surface area contributed by atoms with Crippen LogP contribution in [0, 0.1) is 23.7 Å². The Balaban J connectivity index is 1.50. The van der Waals surface area contributed by atoms with Gasteiger partial charge < -0.3 is 0 Å². The molecule has 0 heterocycles. The molecule has 0 unspecified atom stereocenters. The second-order valence-corrected chi connectivity index (χ2v) is 20.6. The van der Waals surface area contributed by atoms with E-state index in [4.69, 9.17) is 9.98 Å². The van der Waals surface area contributed by atoms with Crippen molar-refractivity contribution in [2.24, 2.45) is 9.98 Å². The van der Waals surface area contributed by atoms with Crippen LogP contribution in [0.4, 0.5) is 11.4 Å². The van der Waals surface area contributed by atoms with Crippen LogP contribution < -0.4 is 0 Å². The molecule has 0 N–H and O–H groups in total. The maximum atomic E-state index is 4.98. The van der Waals surface area contributed by atoms with Crippen molar-refractivity contribution in [1.29, 1.82) is 0 Å². The number of unbranched alkanes of at least 4 members (excludes halogenated alkanes) is 41. The minimum absolute atomic E-state index is 0.921. The molecule has 0 fully saturated rings. The quantitative estimate of drug-likeness (QED) is 0.0359. The average molecular weight is 930 g/mol. The van der Waals surface area contributed by atoms with Crippen LogP contribution in [0.25, 0.3) is 0 Å². The van der Waals surface area contributed by atoms with Crippen LogP contribution in [-0.4, -0.2) is 11.9 Å². The fraction of sp³-hybridized carbons (Fsp3) is 0.727. The predicted molar refractivity (Wildman–Crippen MR) is 307 cm³/mol. The molecule has 0 radical (unpaired) electrons. The Morgan fingerprint density at radius 3 is 0.882 bits per heavy atom. The van der Waals surface area contributed by atoms with Crippen molar-refractivity contribution in [3.05, 3.63) is 59.7 Å². The Morgan fingerprint density at radius 2 is 0.588 bits per heavy atom. The number of aliphatic imine (C=N–C) groups is 2. The number of hydrogen-bond donors (Lipinski definition) is 0. The van der Waals surface area contributed by atoms with Gasteiger partial charge >= 0.3 is 0 Å². The number of nitrogens with zero attached hydrogens (tertiary/aromatic N) is 2. The summed E-state index contributed by atoms with van der Waals surface area (Å²) in [6.07, 6.45) is 63.8. The fourth-order valence-corrected chi connectivity index (χ4v) is 9.34. The summed E-state index contributed by atoms with van der Waals surface area (Å²) in [7, 11) is 0. The maximum absolute atomic E-state index is 4.98. The molecule has 0 aliphatic carbocycles. The lowest BCUT2D eigenvalue weighted by molar-refractivity contribution is 0.522. The zero-order chi connectivity index (χ0) is 48.3. The van der Waals surface area contributed by atoms with Gasteiger partial charge in [0.2, 0.25) is 0 Å². The first kappa shape index (κ1) is 61.0. The van der Waals surface area contributed by atoms with Crippen molar-refractivity contribution in [2.75, 3.05) is 0 Å². The van der Waals surface area contributed by atoms with E-state index in [0.717, 1.165) is 60.3 Å². The van der Waals surface area contributed by atoms with E-state index < -0.39 is 0 Å². The van der Waals surface area contributed by atoms with E-state index in [1.165, 1.54) is 257 Å². The summed E-state index contributed by atoms with van der Waals surface area (Å²) >= 11 is 0. The van der Waals surface area contributed by atoms with Gasteiger partial charge in [-0.3, -0.25) is 9.98 Å². The first-order valence-electron chi connectivity index (χ1n) is 30.0. The second kappa shape index (κ2) is 48.9. The summed E-state index contributed by atoms with van der Waals surface area (Å²) in [6.45, 7) is 6.84. The molecule has 2 heteroatoms. The minimum atomic E-state index is 0.921. The summed E-state index contributed by atoms with van der Waals surface area (Å²) in [5.41, 5.74) is 5.07. The van der Waals surface area contributed by atoms with Crippen LogP contribution in [0.15, 0.2) is 58.5 Å². The van der Waals surface area contributed by atoms with Gasteiger partial charge in [-0.2, -0.15) is 0 Å². The van der Waals surface area contributed by atoms with Gasteiger partial charge in [0, 0.05) is 30.2 Å². The molecule has 2 aromatic rings. The van der Waals surface area contributed by atoms with Gasteiger partial charge in [-0.1, -0.05) is 295 Å². The molecule has 0 spiro atoms. The molecule has 68 heavy (non-hydrogen) atoms. The topological polar surface area (TPSA) is 24.7 Å². The van der Waals surface area contributed by atoms with Gasteiger partial charge in [-0.25, -0.2) is 0 Å². The van der Waals surface area contributed by atoms with Gasteiger partial charge in [0.25, 0.3) is 0 Å². The Kier molecular flexibility index (Phi) is 43.9. The third-order valence-electron chi connectivity index (χ3n) is 13.9. The molecule has 0 aromatic heterocycles. The highest BCUT2D eigenvalue weighted by Crippen LogP contribution is 2.19. The highest BCUT2D eigenvalue weighted by Gasteiger charge is 2.01. The molecule has 2 nitrogen and oxygen atoms in total. The largest absolute Gasteiger partial charge is 0.255 e. The first-order valence-corrected chi connectivity index (χ1v) is 30.0. The molecule has 382 valence electrons. The summed E-state index contributed by atoms with van der Waals surface area (Å²) in [4.78, 5) is 9.77. The molecule has 0 atom stereocenters. The Hall–Kier alpha value is -3.10. The molecule has 2 rings (SSSR count). The van der Waals surface area contributed by atoms with Gasteiger partial charge in [0.1, 0.15) is 0 Å². The van der Waals surface area contributed by atoms with Crippen molar-refractivity contribution in [1.82, 2.24) is 0 Å².